The minimum Gasteiger partial charge on any atom is -0.483 e. The second-order valence-corrected chi connectivity index (χ2v) is 8.65. The molecule has 172 valence electrons. The predicted octanol–water partition coefficient (Wildman–Crippen LogP) is 6.69. The summed E-state index contributed by atoms with van der Waals surface area (Å²) in [7, 11) is 0. The normalized spacial score (nSPS) is 10.7. The summed E-state index contributed by atoms with van der Waals surface area (Å²) in [6.07, 6.45) is 0. The lowest BCUT2D eigenvalue weighted by Gasteiger charge is -2.15. The standard InChI is InChI=1S/C28H25ClN2O3/c1-17-12-19(3)27(23(29)13-17)31-26(32)16-34-25-15-21-10-6-5-9-20(21)14-22(25)28(33)30-24-11-7-4-8-18(24)2/h4-15H,16H2,1-3H3,(H,30,33)(H,31,32). The fraction of sp³-hybridized carbons (Fsp3) is 0.143. The summed E-state index contributed by atoms with van der Waals surface area (Å²) in [5, 5.41) is 8.03. The topological polar surface area (TPSA) is 67.4 Å². The summed E-state index contributed by atoms with van der Waals surface area (Å²) in [4.78, 5) is 25.8. The smallest absolute Gasteiger partial charge is 0.262 e. The first-order valence-corrected chi connectivity index (χ1v) is 11.3. The number of benzene rings is 4. The van der Waals surface area contributed by atoms with E-state index in [-0.39, 0.29) is 18.4 Å². The molecule has 2 amide bonds. The molecule has 4 aromatic rings. The molecule has 0 aliphatic heterocycles. The number of carbonyl (C=O) groups is 2. The average Bonchev–Trinajstić information content (AvgIpc) is 2.81. The van der Waals surface area contributed by atoms with E-state index in [4.69, 9.17) is 16.3 Å². The van der Waals surface area contributed by atoms with Crippen molar-refractivity contribution in [2.75, 3.05) is 17.2 Å². The minimum absolute atomic E-state index is 0.271. The molecule has 0 aliphatic carbocycles. The van der Waals surface area contributed by atoms with Gasteiger partial charge in [0.2, 0.25) is 0 Å². The Morgan fingerprint density at radius 3 is 2.21 bits per heavy atom. The number of hydrogen-bond acceptors (Lipinski definition) is 3. The number of nitrogens with one attached hydrogen (secondary N) is 2. The average molecular weight is 473 g/mol. The van der Waals surface area contributed by atoms with Crippen LogP contribution in [0.5, 0.6) is 5.75 Å². The van der Waals surface area contributed by atoms with Gasteiger partial charge in [-0.2, -0.15) is 0 Å². The molecule has 4 rings (SSSR count). The second kappa shape index (κ2) is 9.98. The van der Waals surface area contributed by atoms with Gasteiger partial charge < -0.3 is 15.4 Å². The Labute approximate surface area is 203 Å². The second-order valence-electron chi connectivity index (χ2n) is 8.24. The summed E-state index contributed by atoms with van der Waals surface area (Å²) in [6.45, 7) is 5.48. The molecule has 0 saturated carbocycles. The lowest BCUT2D eigenvalue weighted by atomic mass is 10.0. The van der Waals surface area contributed by atoms with Crippen molar-refractivity contribution < 1.29 is 14.3 Å². The highest BCUT2D eigenvalue weighted by molar-refractivity contribution is 6.34. The number of fused-ring (bicyclic) bond motifs is 1. The third-order valence-corrected chi connectivity index (χ3v) is 5.84. The van der Waals surface area contributed by atoms with Crippen molar-refractivity contribution in [2.24, 2.45) is 0 Å². The summed E-state index contributed by atoms with van der Waals surface area (Å²) >= 11 is 6.31. The summed E-state index contributed by atoms with van der Waals surface area (Å²) < 4.78 is 5.86. The zero-order chi connectivity index (χ0) is 24.2. The molecule has 34 heavy (non-hydrogen) atoms. The molecular weight excluding hydrogens is 448 g/mol. The number of hydrogen-bond donors (Lipinski definition) is 2. The van der Waals surface area contributed by atoms with Gasteiger partial charge in [0.05, 0.1) is 16.3 Å². The van der Waals surface area contributed by atoms with Crippen molar-refractivity contribution in [1.29, 1.82) is 0 Å². The molecule has 0 atom stereocenters. The highest BCUT2D eigenvalue weighted by Crippen LogP contribution is 2.29. The summed E-state index contributed by atoms with van der Waals surface area (Å²) in [5.74, 6) is -0.355. The highest BCUT2D eigenvalue weighted by atomic mass is 35.5. The molecule has 5 nitrogen and oxygen atoms in total. The molecule has 0 aromatic heterocycles. The fourth-order valence-corrected chi connectivity index (χ4v) is 4.18. The monoisotopic (exact) mass is 472 g/mol. The van der Waals surface area contributed by atoms with Crippen molar-refractivity contribution in [3.63, 3.8) is 0 Å². The molecule has 0 saturated heterocycles. The Morgan fingerprint density at radius 2 is 1.50 bits per heavy atom. The number of anilines is 2. The Hall–Kier alpha value is -3.83. The molecular formula is C28H25ClN2O3. The Morgan fingerprint density at radius 1 is 0.824 bits per heavy atom. The van der Waals surface area contributed by atoms with Gasteiger partial charge in [0, 0.05) is 5.69 Å². The number of amides is 2. The lowest BCUT2D eigenvalue weighted by Crippen LogP contribution is -2.22. The van der Waals surface area contributed by atoms with E-state index < -0.39 is 0 Å². The van der Waals surface area contributed by atoms with Crippen LogP contribution in [0.3, 0.4) is 0 Å². The zero-order valence-corrected chi connectivity index (χ0v) is 20.0. The quantitative estimate of drug-likeness (QED) is 0.328. The summed E-state index contributed by atoms with van der Waals surface area (Å²) in [6, 6.07) is 22.5. The van der Waals surface area contributed by atoms with Crippen LogP contribution in [0.2, 0.25) is 5.02 Å². The van der Waals surface area contributed by atoms with E-state index >= 15 is 0 Å². The van der Waals surface area contributed by atoms with Crippen molar-refractivity contribution in [3.8, 4) is 5.75 Å². The van der Waals surface area contributed by atoms with Crippen LogP contribution in [-0.2, 0) is 4.79 Å². The van der Waals surface area contributed by atoms with Crippen LogP contribution in [0.15, 0.2) is 72.8 Å². The van der Waals surface area contributed by atoms with Crippen LogP contribution < -0.4 is 15.4 Å². The molecule has 0 unspecified atom stereocenters. The maximum atomic E-state index is 13.2. The van der Waals surface area contributed by atoms with Gasteiger partial charge in [-0.25, -0.2) is 0 Å². The predicted molar refractivity (Wildman–Crippen MR) is 138 cm³/mol. The van der Waals surface area contributed by atoms with E-state index in [1.54, 1.807) is 18.2 Å². The van der Waals surface area contributed by atoms with Crippen LogP contribution in [0.4, 0.5) is 11.4 Å². The van der Waals surface area contributed by atoms with Gasteiger partial charge in [0.25, 0.3) is 11.8 Å². The third kappa shape index (κ3) is 5.21. The fourth-order valence-electron chi connectivity index (χ4n) is 3.81. The van der Waals surface area contributed by atoms with Crippen molar-refractivity contribution in [1.82, 2.24) is 0 Å². The molecule has 0 heterocycles. The minimum atomic E-state index is -0.368. The summed E-state index contributed by atoms with van der Waals surface area (Å²) in [5.41, 5.74) is 4.44. The Balaban J connectivity index is 1.58. The molecule has 0 bridgehead atoms. The molecule has 6 heteroatoms. The molecule has 0 spiro atoms. The molecule has 0 radical (unpaired) electrons. The van der Waals surface area contributed by atoms with Gasteiger partial charge in [-0.3, -0.25) is 9.59 Å². The van der Waals surface area contributed by atoms with Gasteiger partial charge >= 0.3 is 0 Å². The lowest BCUT2D eigenvalue weighted by molar-refractivity contribution is -0.118. The van der Waals surface area contributed by atoms with Crippen LogP contribution in [0, 0.1) is 20.8 Å². The van der Waals surface area contributed by atoms with E-state index in [2.05, 4.69) is 10.6 Å². The number of rotatable bonds is 6. The van der Waals surface area contributed by atoms with Crippen LogP contribution in [0.1, 0.15) is 27.0 Å². The van der Waals surface area contributed by atoms with E-state index in [1.807, 2.05) is 75.4 Å². The maximum Gasteiger partial charge on any atom is 0.262 e. The van der Waals surface area contributed by atoms with Gasteiger partial charge in [-0.1, -0.05) is 60.1 Å². The van der Waals surface area contributed by atoms with Crippen molar-refractivity contribution in [3.05, 3.63) is 100 Å². The van der Waals surface area contributed by atoms with Gasteiger partial charge in [-0.15, -0.1) is 0 Å². The molecule has 0 aliphatic rings. The molecule has 0 fully saturated rings. The number of halogens is 1. The molecule has 4 aromatic carbocycles. The number of aryl methyl sites for hydroxylation is 3. The third-order valence-electron chi connectivity index (χ3n) is 5.54. The number of carbonyl (C=O) groups excluding carboxylic acids is 2. The number of ether oxygens (including phenoxy) is 1. The van der Waals surface area contributed by atoms with Crippen molar-refractivity contribution >= 4 is 45.6 Å². The zero-order valence-electron chi connectivity index (χ0n) is 19.2. The largest absolute Gasteiger partial charge is 0.483 e. The van der Waals surface area contributed by atoms with E-state index in [0.717, 1.165) is 27.5 Å². The molecule has 2 N–H and O–H groups in total. The Kier molecular flexibility index (Phi) is 6.85. The maximum absolute atomic E-state index is 13.2. The van der Waals surface area contributed by atoms with Gasteiger partial charge in [0.1, 0.15) is 5.75 Å². The Bertz CT molecular complexity index is 1370. The van der Waals surface area contributed by atoms with Crippen LogP contribution in [0.25, 0.3) is 10.8 Å². The van der Waals surface area contributed by atoms with E-state index in [0.29, 0.717) is 27.7 Å². The van der Waals surface area contributed by atoms with E-state index in [9.17, 15) is 9.59 Å². The van der Waals surface area contributed by atoms with Gasteiger partial charge in [-0.05, 0) is 72.5 Å². The van der Waals surface area contributed by atoms with Crippen molar-refractivity contribution in [2.45, 2.75) is 20.8 Å². The SMILES string of the molecule is Cc1cc(C)c(NC(=O)COc2cc3ccccc3cc2C(=O)Nc2ccccc2C)c(Cl)c1. The van der Waals surface area contributed by atoms with E-state index in [1.165, 1.54) is 0 Å². The first-order valence-electron chi connectivity index (χ1n) is 10.9. The first kappa shape index (κ1) is 23.3. The number of para-hydroxylation sites is 1. The van der Waals surface area contributed by atoms with Gasteiger partial charge in [0.15, 0.2) is 6.61 Å². The first-order chi connectivity index (χ1) is 16.3. The highest BCUT2D eigenvalue weighted by Gasteiger charge is 2.17. The van der Waals surface area contributed by atoms with Crippen LogP contribution in [-0.4, -0.2) is 18.4 Å². The van der Waals surface area contributed by atoms with Crippen LogP contribution >= 0.6 is 11.6 Å².